The van der Waals surface area contributed by atoms with Crippen LogP contribution in [0.25, 0.3) is 0 Å². The SMILES string of the molecule is CC(=O)SCC1CCN(C(=O)OCc2ccc([N+](=O)[O-])cc2)CC1. The quantitative estimate of drug-likeness (QED) is 0.597. The average molecular weight is 352 g/mol. The number of non-ortho nitro benzene ring substituents is 1. The molecule has 2 rings (SSSR count). The lowest BCUT2D eigenvalue weighted by Gasteiger charge is -2.31. The Bertz CT molecular complexity index is 597. The summed E-state index contributed by atoms with van der Waals surface area (Å²) in [6.45, 7) is 2.91. The van der Waals surface area contributed by atoms with Gasteiger partial charge in [-0.1, -0.05) is 11.8 Å². The smallest absolute Gasteiger partial charge is 0.410 e. The molecule has 1 aliphatic rings. The van der Waals surface area contributed by atoms with E-state index < -0.39 is 4.92 Å². The average Bonchev–Trinajstić information content (AvgIpc) is 2.58. The highest BCUT2D eigenvalue weighted by Gasteiger charge is 2.24. The summed E-state index contributed by atoms with van der Waals surface area (Å²) < 4.78 is 5.26. The van der Waals surface area contributed by atoms with Crippen LogP contribution in [-0.4, -0.2) is 39.9 Å². The fourth-order valence-electron chi connectivity index (χ4n) is 2.47. The Hall–Kier alpha value is -2.09. The van der Waals surface area contributed by atoms with E-state index in [0.29, 0.717) is 24.6 Å². The second kappa shape index (κ2) is 8.68. The summed E-state index contributed by atoms with van der Waals surface area (Å²) >= 11 is 1.34. The summed E-state index contributed by atoms with van der Waals surface area (Å²) in [4.78, 5) is 34.8. The first-order valence-corrected chi connectivity index (χ1v) is 8.72. The van der Waals surface area contributed by atoms with Crippen LogP contribution < -0.4 is 0 Å². The predicted molar refractivity (Wildman–Crippen MR) is 90.7 cm³/mol. The fourth-order valence-corrected chi connectivity index (χ4v) is 3.27. The van der Waals surface area contributed by atoms with Gasteiger partial charge in [0.25, 0.3) is 5.69 Å². The van der Waals surface area contributed by atoms with E-state index in [1.807, 2.05) is 0 Å². The summed E-state index contributed by atoms with van der Waals surface area (Å²) in [7, 11) is 0. The Morgan fingerprint density at radius 1 is 1.29 bits per heavy atom. The number of thioether (sulfide) groups is 1. The van der Waals surface area contributed by atoms with Crippen LogP contribution in [0.4, 0.5) is 10.5 Å². The molecule has 0 spiro atoms. The molecule has 0 aromatic heterocycles. The first-order valence-electron chi connectivity index (χ1n) is 7.74. The van der Waals surface area contributed by atoms with E-state index in [2.05, 4.69) is 0 Å². The molecular formula is C16H20N2O5S. The van der Waals surface area contributed by atoms with E-state index in [-0.39, 0.29) is 23.5 Å². The zero-order valence-corrected chi connectivity index (χ0v) is 14.3. The summed E-state index contributed by atoms with van der Waals surface area (Å²) in [6.07, 6.45) is 1.37. The van der Waals surface area contributed by atoms with Crippen LogP contribution in [0.5, 0.6) is 0 Å². The van der Waals surface area contributed by atoms with Crippen LogP contribution in [0.3, 0.4) is 0 Å². The molecule has 0 unspecified atom stereocenters. The first kappa shape index (κ1) is 18.3. The summed E-state index contributed by atoms with van der Waals surface area (Å²) in [6, 6.07) is 5.94. The van der Waals surface area contributed by atoms with Crippen molar-refractivity contribution in [1.82, 2.24) is 4.90 Å². The van der Waals surface area contributed by atoms with Gasteiger partial charge in [-0.15, -0.1) is 0 Å². The van der Waals surface area contributed by atoms with Crippen LogP contribution in [-0.2, 0) is 16.1 Å². The molecule has 130 valence electrons. The lowest BCUT2D eigenvalue weighted by atomic mass is 9.99. The minimum atomic E-state index is -0.468. The van der Waals surface area contributed by atoms with E-state index in [4.69, 9.17) is 4.74 Å². The van der Waals surface area contributed by atoms with Crippen LogP contribution in [0.15, 0.2) is 24.3 Å². The topological polar surface area (TPSA) is 89.8 Å². The molecule has 0 saturated carbocycles. The molecule has 24 heavy (non-hydrogen) atoms. The maximum atomic E-state index is 12.1. The van der Waals surface area contributed by atoms with Crippen molar-refractivity contribution in [3.8, 4) is 0 Å². The third-order valence-corrected chi connectivity index (χ3v) is 4.95. The lowest BCUT2D eigenvalue weighted by molar-refractivity contribution is -0.384. The lowest BCUT2D eigenvalue weighted by Crippen LogP contribution is -2.39. The van der Waals surface area contributed by atoms with Gasteiger partial charge in [0.15, 0.2) is 5.12 Å². The molecule has 0 aliphatic carbocycles. The van der Waals surface area contributed by atoms with E-state index in [1.54, 1.807) is 24.0 Å². The molecule has 0 radical (unpaired) electrons. The molecule has 0 N–H and O–H groups in total. The normalized spacial score (nSPS) is 15.1. The van der Waals surface area contributed by atoms with Crippen LogP contribution >= 0.6 is 11.8 Å². The first-order chi connectivity index (χ1) is 11.5. The maximum Gasteiger partial charge on any atom is 0.410 e. The van der Waals surface area contributed by atoms with Gasteiger partial charge in [0.2, 0.25) is 0 Å². The minimum Gasteiger partial charge on any atom is -0.445 e. The van der Waals surface area contributed by atoms with Crippen molar-refractivity contribution >= 4 is 28.7 Å². The second-order valence-electron chi connectivity index (χ2n) is 5.71. The monoisotopic (exact) mass is 352 g/mol. The summed E-state index contributed by atoms with van der Waals surface area (Å²) in [5.41, 5.74) is 0.720. The van der Waals surface area contributed by atoms with Crippen LogP contribution in [0.1, 0.15) is 25.3 Å². The highest BCUT2D eigenvalue weighted by atomic mass is 32.2. The molecule has 1 saturated heterocycles. The van der Waals surface area contributed by atoms with Crippen molar-refractivity contribution in [2.75, 3.05) is 18.8 Å². The summed E-state index contributed by atoms with van der Waals surface area (Å²) in [5.74, 6) is 1.26. The Kier molecular flexibility index (Phi) is 6.60. The third-order valence-electron chi connectivity index (χ3n) is 3.90. The van der Waals surface area contributed by atoms with Crippen LogP contribution in [0, 0.1) is 16.0 Å². The number of benzene rings is 1. The number of nitro groups is 1. The van der Waals surface area contributed by atoms with E-state index >= 15 is 0 Å². The molecule has 7 nitrogen and oxygen atoms in total. The number of hydrogen-bond acceptors (Lipinski definition) is 6. The molecule has 8 heteroatoms. The maximum absolute atomic E-state index is 12.1. The van der Waals surface area contributed by atoms with Crippen molar-refractivity contribution in [2.45, 2.75) is 26.4 Å². The van der Waals surface area contributed by atoms with Gasteiger partial charge in [0, 0.05) is 37.9 Å². The second-order valence-corrected chi connectivity index (χ2v) is 6.91. The molecule has 1 aromatic carbocycles. The molecule has 1 aliphatic heterocycles. The number of rotatable bonds is 5. The Labute approximate surface area is 144 Å². The van der Waals surface area contributed by atoms with E-state index in [1.165, 1.54) is 23.9 Å². The highest BCUT2D eigenvalue weighted by molar-refractivity contribution is 8.13. The van der Waals surface area contributed by atoms with Gasteiger partial charge in [-0.3, -0.25) is 14.9 Å². The van der Waals surface area contributed by atoms with Gasteiger partial charge < -0.3 is 9.64 Å². The molecule has 1 amide bonds. The van der Waals surface area contributed by atoms with Crippen molar-refractivity contribution in [3.63, 3.8) is 0 Å². The number of amides is 1. The summed E-state index contributed by atoms with van der Waals surface area (Å²) in [5, 5.41) is 10.7. The number of nitrogens with zero attached hydrogens (tertiary/aromatic N) is 2. The van der Waals surface area contributed by atoms with Gasteiger partial charge in [0.1, 0.15) is 6.61 Å². The van der Waals surface area contributed by atoms with Gasteiger partial charge in [-0.2, -0.15) is 0 Å². The zero-order chi connectivity index (χ0) is 17.5. The highest BCUT2D eigenvalue weighted by Crippen LogP contribution is 2.22. The van der Waals surface area contributed by atoms with E-state index in [0.717, 1.165) is 18.6 Å². The van der Waals surface area contributed by atoms with Crippen LogP contribution in [0.2, 0.25) is 0 Å². The van der Waals surface area contributed by atoms with Crippen molar-refractivity contribution in [1.29, 1.82) is 0 Å². The van der Waals surface area contributed by atoms with Gasteiger partial charge >= 0.3 is 6.09 Å². The number of piperidine rings is 1. The minimum absolute atomic E-state index is 0.00980. The van der Waals surface area contributed by atoms with Crippen molar-refractivity contribution in [2.24, 2.45) is 5.92 Å². The van der Waals surface area contributed by atoms with E-state index in [9.17, 15) is 19.7 Å². The molecule has 1 heterocycles. The number of nitro benzene ring substituents is 1. The number of carbonyl (C=O) groups excluding carboxylic acids is 2. The Morgan fingerprint density at radius 3 is 2.46 bits per heavy atom. The van der Waals surface area contributed by atoms with Gasteiger partial charge in [-0.05, 0) is 36.5 Å². The fraction of sp³-hybridized carbons (Fsp3) is 0.500. The Balaban J connectivity index is 1.73. The molecule has 0 atom stereocenters. The number of hydrogen-bond donors (Lipinski definition) is 0. The number of ether oxygens (including phenoxy) is 1. The molecule has 1 fully saturated rings. The van der Waals surface area contributed by atoms with Crippen molar-refractivity contribution in [3.05, 3.63) is 39.9 Å². The number of carbonyl (C=O) groups is 2. The molecule has 0 bridgehead atoms. The van der Waals surface area contributed by atoms with Crippen molar-refractivity contribution < 1.29 is 19.2 Å². The predicted octanol–water partition coefficient (Wildman–Crippen LogP) is 3.22. The van der Waals surface area contributed by atoms with Gasteiger partial charge in [0.05, 0.1) is 4.92 Å². The third kappa shape index (κ3) is 5.52. The zero-order valence-electron chi connectivity index (χ0n) is 13.5. The standard InChI is InChI=1S/C16H20N2O5S/c1-12(19)24-11-14-6-8-17(9-7-14)16(20)23-10-13-2-4-15(5-3-13)18(21)22/h2-5,14H,6-11H2,1H3. The van der Waals surface area contributed by atoms with Gasteiger partial charge in [-0.25, -0.2) is 4.79 Å². The Morgan fingerprint density at radius 2 is 1.92 bits per heavy atom. The molecular weight excluding hydrogens is 332 g/mol. The largest absolute Gasteiger partial charge is 0.445 e. The number of likely N-dealkylation sites (tertiary alicyclic amines) is 1. The molecule has 1 aromatic rings.